The predicted molar refractivity (Wildman–Crippen MR) is 39.4 cm³/mol. The Bertz CT molecular complexity index is 166. The van der Waals surface area contributed by atoms with Gasteiger partial charge in [-0.3, -0.25) is 0 Å². The predicted octanol–water partition coefficient (Wildman–Crippen LogP) is 2.02. The zero-order valence-corrected chi connectivity index (χ0v) is 6.56. The molecular formula is C6H8F3NS. The van der Waals surface area contributed by atoms with Gasteiger partial charge >= 0.3 is 6.18 Å². The molecule has 5 heteroatoms. The van der Waals surface area contributed by atoms with Crippen molar-refractivity contribution >= 4 is 17.2 Å². The number of piperidine rings is 1. The second-order valence-electron chi connectivity index (χ2n) is 2.55. The van der Waals surface area contributed by atoms with E-state index in [2.05, 4.69) is 17.5 Å². The van der Waals surface area contributed by atoms with Gasteiger partial charge in [0.25, 0.3) is 0 Å². The minimum absolute atomic E-state index is 0.142. The highest BCUT2D eigenvalue weighted by molar-refractivity contribution is 7.80. The van der Waals surface area contributed by atoms with Gasteiger partial charge < -0.3 is 5.32 Å². The fraction of sp³-hybridized carbons (Fsp3) is 0.833. The Hall–Kier alpha value is -0.320. The van der Waals surface area contributed by atoms with Gasteiger partial charge in [0, 0.05) is 0 Å². The number of halogens is 3. The van der Waals surface area contributed by atoms with E-state index in [1.54, 1.807) is 0 Å². The molecule has 0 aromatic rings. The molecule has 1 aliphatic rings. The number of nitrogens with one attached hydrogen (secondary N) is 1. The second kappa shape index (κ2) is 2.97. The first kappa shape index (κ1) is 8.77. The molecule has 1 N–H and O–H groups in total. The van der Waals surface area contributed by atoms with Crippen LogP contribution in [0.25, 0.3) is 0 Å². The van der Waals surface area contributed by atoms with Crippen LogP contribution in [0.2, 0.25) is 0 Å². The Labute approximate surface area is 68.0 Å². The molecular weight excluding hydrogens is 175 g/mol. The summed E-state index contributed by atoms with van der Waals surface area (Å²) in [7, 11) is 0. The third kappa shape index (κ3) is 2.32. The maximum Gasteiger partial charge on any atom is 0.408 e. The lowest BCUT2D eigenvalue weighted by molar-refractivity contribution is -0.154. The van der Waals surface area contributed by atoms with Crippen LogP contribution in [0, 0.1) is 0 Å². The highest BCUT2D eigenvalue weighted by atomic mass is 32.1. The third-order valence-electron chi connectivity index (χ3n) is 1.63. The molecule has 1 aliphatic heterocycles. The summed E-state index contributed by atoms with van der Waals surface area (Å²) in [5.74, 6) is 0. The minimum Gasteiger partial charge on any atom is -0.368 e. The first-order valence-corrected chi connectivity index (χ1v) is 3.77. The second-order valence-corrected chi connectivity index (χ2v) is 3.05. The maximum atomic E-state index is 12.0. The summed E-state index contributed by atoms with van der Waals surface area (Å²) in [5, 5.41) is 2.26. The average molecular weight is 183 g/mol. The monoisotopic (exact) mass is 183 g/mol. The Balaban J connectivity index is 2.53. The molecule has 11 heavy (non-hydrogen) atoms. The van der Waals surface area contributed by atoms with Crippen molar-refractivity contribution in [3.05, 3.63) is 0 Å². The molecule has 1 fully saturated rings. The summed E-state index contributed by atoms with van der Waals surface area (Å²) in [4.78, 5) is 0.332. The molecule has 0 spiro atoms. The van der Waals surface area contributed by atoms with Crippen LogP contribution >= 0.6 is 12.2 Å². The van der Waals surface area contributed by atoms with Crippen LogP contribution in [0.4, 0.5) is 13.2 Å². The van der Waals surface area contributed by atoms with Crippen molar-refractivity contribution in [3.8, 4) is 0 Å². The highest BCUT2D eigenvalue weighted by Crippen LogP contribution is 2.26. The smallest absolute Gasteiger partial charge is 0.368 e. The van der Waals surface area contributed by atoms with E-state index in [0.717, 1.165) is 0 Å². The quantitative estimate of drug-likeness (QED) is 0.576. The Morgan fingerprint density at radius 1 is 1.45 bits per heavy atom. The van der Waals surface area contributed by atoms with Gasteiger partial charge in [-0.15, -0.1) is 0 Å². The molecule has 0 aliphatic carbocycles. The van der Waals surface area contributed by atoms with Crippen LogP contribution in [-0.2, 0) is 0 Å². The Morgan fingerprint density at radius 3 is 2.45 bits per heavy atom. The van der Waals surface area contributed by atoms with Gasteiger partial charge in [0.05, 0.1) is 4.99 Å². The fourth-order valence-electron chi connectivity index (χ4n) is 1.05. The van der Waals surface area contributed by atoms with Gasteiger partial charge in [-0.1, -0.05) is 12.2 Å². The van der Waals surface area contributed by atoms with Crippen LogP contribution in [0.1, 0.15) is 19.3 Å². The molecule has 1 atom stereocenters. The lowest BCUT2D eigenvalue weighted by atomic mass is 10.1. The van der Waals surface area contributed by atoms with E-state index in [0.29, 0.717) is 17.8 Å². The lowest BCUT2D eigenvalue weighted by Crippen LogP contribution is -2.47. The first-order valence-electron chi connectivity index (χ1n) is 3.36. The van der Waals surface area contributed by atoms with Crippen molar-refractivity contribution in [2.75, 3.05) is 0 Å². The average Bonchev–Trinajstić information content (AvgIpc) is 1.86. The third-order valence-corrected chi connectivity index (χ3v) is 1.95. The Morgan fingerprint density at radius 2 is 2.09 bits per heavy atom. The van der Waals surface area contributed by atoms with E-state index < -0.39 is 12.2 Å². The number of rotatable bonds is 0. The zero-order chi connectivity index (χ0) is 8.48. The molecule has 0 amide bonds. The van der Waals surface area contributed by atoms with Crippen molar-refractivity contribution in [1.29, 1.82) is 0 Å². The molecule has 1 unspecified atom stereocenters. The van der Waals surface area contributed by atoms with Gasteiger partial charge in [0.2, 0.25) is 0 Å². The van der Waals surface area contributed by atoms with Gasteiger partial charge in [0.1, 0.15) is 6.04 Å². The zero-order valence-electron chi connectivity index (χ0n) is 5.74. The maximum absolute atomic E-state index is 12.0. The molecule has 1 heterocycles. The van der Waals surface area contributed by atoms with Gasteiger partial charge in [-0.2, -0.15) is 13.2 Å². The van der Waals surface area contributed by atoms with Gasteiger partial charge in [0.15, 0.2) is 0 Å². The van der Waals surface area contributed by atoms with E-state index in [1.807, 2.05) is 0 Å². The summed E-state index contributed by atoms with van der Waals surface area (Å²) < 4.78 is 36.0. The van der Waals surface area contributed by atoms with Crippen LogP contribution in [0.5, 0.6) is 0 Å². The van der Waals surface area contributed by atoms with E-state index in [4.69, 9.17) is 0 Å². The number of thiocarbonyl (C=S) groups is 1. The molecule has 0 aromatic carbocycles. The molecule has 0 radical (unpaired) electrons. The standard InChI is InChI=1S/C6H8F3NS/c7-6(8,9)4-2-1-3-5(11)10-4/h4H,1-3H2,(H,10,11). The van der Waals surface area contributed by atoms with Gasteiger partial charge in [-0.25, -0.2) is 0 Å². The number of alkyl halides is 3. The summed E-state index contributed by atoms with van der Waals surface area (Å²) >= 11 is 4.64. The summed E-state index contributed by atoms with van der Waals surface area (Å²) in [5.41, 5.74) is 0. The fourth-order valence-corrected chi connectivity index (χ4v) is 1.34. The highest BCUT2D eigenvalue weighted by Gasteiger charge is 2.40. The van der Waals surface area contributed by atoms with Crippen LogP contribution in [0.3, 0.4) is 0 Å². The summed E-state index contributed by atoms with van der Waals surface area (Å²) in [6.07, 6.45) is -2.88. The minimum atomic E-state index is -4.15. The number of hydrogen-bond acceptors (Lipinski definition) is 1. The van der Waals surface area contributed by atoms with E-state index in [-0.39, 0.29) is 6.42 Å². The SMILES string of the molecule is FC(F)(F)C1CCCC(=S)N1. The molecule has 64 valence electrons. The van der Waals surface area contributed by atoms with Gasteiger partial charge in [-0.05, 0) is 19.3 Å². The summed E-state index contributed by atoms with van der Waals surface area (Å²) in [6, 6.07) is -1.41. The molecule has 1 rings (SSSR count). The van der Waals surface area contributed by atoms with Crippen molar-refractivity contribution in [2.24, 2.45) is 0 Å². The van der Waals surface area contributed by atoms with Crippen LogP contribution < -0.4 is 5.32 Å². The first-order chi connectivity index (χ1) is 5.00. The van der Waals surface area contributed by atoms with Crippen molar-refractivity contribution in [3.63, 3.8) is 0 Å². The van der Waals surface area contributed by atoms with Crippen molar-refractivity contribution in [1.82, 2.24) is 5.32 Å². The topological polar surface area (TPSA) is 12.0 Å². The molecule has 0 aromatic heterocycles. The molecule has 1 saturated heterocycles. The molecule has 1 nitrogen and oxygen atoms in total. The largest absolute Gasteiger partial charge is 0.408 e. The molecule has 0 saturated carbocycles. The number of hydrogen-bond donors (Lipinski definition) is 1. The normalized spacial score (nSPS) is 26.5. The van der Waals surface area contributed by atoms with Crippen molar-refractivity contribution in [2.45, 2.75) is 31.5 Å². The summed E-state index contributed by atoms with van der Waals surface area (Å²) in [6.45, 7) is 0. The van der Waals surface area contributed by atoms with Crippen LogP contribution in [-0.4, -0.2) is 17.2 Å². The van der Waals surface area contributed by atoms with Crippen molar-refractivity contribution < 1.29 is 13.2 Å². The van der Waals surface area contributed by atoms with Crippen LogP contribution in [0.15, 0.2) is 0 Å². The van der Waals surface area contributed by atoms with E-state index in [9.17, 15) is 13.2 Å². The van der Waals surface area contributed by atoms with E-state index >= 15 is 0 Å². The lowest BCUT2D eigenvalue weighted by Gasteiger charge is -2.26. The molecule has 0 bridgehead atoms. The van der Waals surface area contributed by atoms with E-state index in [1.165, 1.54) is 0 Å². The Kier molecular flexibility index (Phi) is 2.37.